The van der Waals surface area contributed by atoms with Crippen molar-refractivity contribution in [3.8, 4) is 0 Å². The highest BCUT2D eigenvalue weighted by molar-refractivity contribution is 5.72. The molecule has 4 heteroatoms. The summed E-state index contributed by atoms with van der Waals surface area (Å²) >= 11 is 0. The summed E-state index contributed by atoms with van der Waals surface area (Å²) in [5, 5.41) is 0. The molecule has 1 aliphatic rings. The monoisotopic (exact) mass is 185 g/mol. The number of piperazine rings is 1. The van der Waals surface area contributed by atoms with Crippen LogP contribution in [0.1, 0.15) is 19.8 Å². The molecule has 0 saturated carbocycles. The van der Waals surface area contributed by atoms with Gasteiger partial charge in [0.1, 0.15) is 0 Å². The van der Waals surface area contributed by atoms with Crippen molar-refractivity contribution in [1.29, 1.82) is 0 Å². The maximum Gasteiger partial charge on any atom is 0.314 e. The second kappa shape index (κ2) is 5.07. The molecule has 0 radical (unpaired) electrons. The molecular formula is C9H19N3O. The van der Waals surface area contributed by atoms with Gasteiger partial charge in [-0.1, -0.05) is 13.3 Å². The molecule has 13 heavy (non-hydrogen) atoms. The van der Waals surface area contributed by atoms with Gasteiger partial charge in [0, 0.05) is 26.2 Å². The van der Waals surface area contributed by atoms with Crippen molar-refractivity contribution in [2.75, 3.05) is 32.7 Å². The van der Waals surface area contributed by atoms with Crippen molar-refractivity contribution >= 4 is 6.03 Å². The smallest absolute Gasteiger partial charge is 0.314 e. The van der Waals surface area contributed by atoms with Crippen molar-refractivity contribution < 1.29 is 4.79 Å². The van der Waals surface area contributed by atoms with Gasteiger partial charge in [0.25, 0.3) is 0 Å². The van der Waals surface area contributed by atoms with E-state index >= 15 is 0 Å². The van der Waals surface area contributed by atoms with Gasteiger partial charge in [-0.25, -0.2) is 4.79 Å². The number of carbonyl (C=O) groups excluding carboxylic acids is 1. The molecule has 0 spiro atoms. The summed E-state index contributed by atoms with van der Waals surface area (Å²) in [4.78, 5) is 14.9. The lowest BCUT2D eigenvalue weighted by Crippen LogP contribution is -2.50. The molecule has 1 aliphatic heterocycles. The number of urea groups is 1. The number of hydrogen-bond donors (Lipinski definition) is 1. The van der Waals surface area contributed by atoms with E-state index in [1.165, 1.54) is 12.8 Å². The van der Waals surface area contributed by atoms with E-state index < -0.39 is 0 Å². The van der Waals surface area contributed by atoms with Crippen molar-refractivity contribution in [3.05, 3.63) is 0 Å². The van der Waals surface area contributed by atoms with Gasteiger partial charge >= 0.3 is 6.03 Å². The largest absolute Gasteiger partial charge is 0.351 e. The SMILES string of the molecule is CCCCN1CCN(C(N)=O)CC1. The molecule has 4 nitrogen and oxygen atoms in total. The van der Waals surface area contributed by atoms with E-state index in [1.54, 1.807) is 4.90 Å². The standard InChI is InChI=1S/C9H19N3O/c1-2-3-4-11-5-7-12(8-6-11)9(10)13/h2-8H2,1H3,(H2,10,13). The average molecular weight is 185 g/mol. The molecule has 0 aromatic heterocycles. The second-order valence-corrected chi connectivity index (χ2v) is 3.52. The summed E-state index contributed by atoms with van der Waals surface area (Å²) in [5.74, 6) is 0. The van der Waals surface area contributed by atoms with Crippen molar-refractivity contribution in [1.82, 2.24) is 9.80 Å². The molecule has 2 amide bonds. The van der Waals surface area contributed by atoms with E-state index in [1.807, 2.05) is 0 Å². The first-order valence-corrected chi connectivity index (χ1v) is 5.00. The number of rotatable bonds is 3. The molecule has 1 saturated heterocycles. The van der Waals surface area contributed by atoms with Crippen molar-refractivity contribution in [2.24, 2.45) is 5.73 Å². The molecule has 1 fully saturated rings. The third-order valence-electron chi connectivity index (χ3n) is 2.51. The maximum atomic E-state index is 10.8. The molecule has 0 aromatic rings. The van der Waals surface area contributed by atoms with Gasteiger partial charge in [-0.2, -0.15) is 0 Å². The van der Waals surface area contributed by atoms with Crippen LogP contribution < -0.4 is 5.73 Å². The zero-order chi connectivity index (χ0) is 9.68. The van der Waals surface area contributed by atoms with Crippen LogP contribution in [0.4, 0.5) is 4.79 Å². The van der Waals surface area contributed by atoms with Crippen LogP contribution in [-0.4, -0.2) is 48.6 Å². The third kappa shape index (κ3) is 3.22. The van der Waals surface area contributed by atoms with E-state index in [0.717, 1.165) is 32.7 Å². The van der Waals surface area contributed by atoms with Gasteiger partial charge in [0.2, 0.25) is 0 Å². The van der Waals surface area contributed by atoms with Crippen LogP contribution in [-0.2, 0) is 0 Å². The lowest BCUT2D eigenvalue weighted by molar-refractivity contribution is 0.144. The summed E-state index contributed by atoms with van der Waals surface area (Å²) in [6.07, 6.45) is 2.48. The van der Waals surface area contributed by atoms with Crippen LogP contribution in [0.25, 0.3) is 0 Å². The molecule has 2 N–H and O–H groups in total. The van der Waals surface area contributed by atoms with Crippen molar-refractivity contribution in [2.45, 2.75) is 19.8 Å². The quantitative estimate of drug-likeness (QED) is 0.695. The Labute approximate surface area is 79.7 Å². The Kier molecular flexibility index (Phi) is 4.02. The molecule has 76 valence electrons. The molecule has 0 bridgehead atoms. The first-order chi connectivity index (χ1) is 6.24. The van der Waals surface area contributed by atoms with Gasteiger partial charge < -0.3 is 10.6 Å². The van der Waals surface area contributed by atoms with E-state index in [2.05, 4.69) is 11.8 Å². The number of amides is 2. The summed E-state index contributed by atoms with van der Waals surface area (Å²) in [6.45, 7) is 6.88. The highest BCUT2D eigenvalue weighted by Crippen LogP contribution is 2.02. The Morgan fingerprint density at radius 1 is 1.31 bits per heavy atom. The Balaban J connectivity index is 2.18. The lowest BCUT2D eigenvalue weighted by atomic mass is 10.2. The molecule has 0 aliphatic carbocycles. The Morgan fingerprint density at radius 2 is 1.92 bits per heavy atom. The van der Waals surface area contributed by atoms with Gasteiger partial charge in [-0.3, -0.25) is 4.90 Å². The second-order valence-electron chi connectivity index (χ2n) is 3.52. The predicted octanol–water partition coefficient (Wildman–Crippen LogP) is 0.483. The summed E-state index contributed by atoms with van der Waals surface area (Å²) in [6, 6.07) is -0.282. The molecule has 0 unspecified atom stereocenters. The number of unbranched alkanes of at least 4 members (excludes halogenated alkanes) is 1. The minimum Gasteiger partial charge on any atom is -0.351 e. The fourth-order valence-corrected chi connectivity index (χ4v) is 1.57. The van der Waals surface area contributed by atoms with E-state index in [-0.39, 0.29) is 6.03 Å². The molecule has 1 rings (SSSR count). The summed E-state index contributed by atoms with van der Waals surface area (Å²) in [7, 11) is 0. The molecule has 0 atom stereocenters. The fourth-order valence-electron chi connectivity index (χ4n) is 1.57. The number of nitrogens with zero attached hydrogens (tertiary/aromatic N) is 2. The highest BCUT2D eigenvalue weighted by atomic mass is 16.2. The Hall–Kier alpha value is -0.770. The Morgan fingerprint density at radius 3 is 2.38 bits per heavy atom. The molecule has 0 aromatic carbocycles. The van der Waals surface area contributed by atoms with Crippen LogP contribution in [0.15, 0.2) is 0 Å². The fraction of sp³-hybridized carbons (Fsp3) is 0.889. The van der Waals surface area contributed by atoms with E-state index in [4.69, 9.17) is 5.73 Å². The van der Waals surface area contributed by atoms with E-state index in [0.29, 0.717) is 0 Å². The summed E-state index contributed by atoms with van der Waals surface area (Å²) < 4.78 is 0. The van der Waals surface area contributed by atoms with E-state index in [9.17, 15) is 4.79 Å². The van der Waals surface area contributed by atoms with Crippen LogP contribution in [0.3, 0.4) is 0 Å². The van der Waals surface area contributed by atoms with Crippen LogP contribution in [0.2, 0.25) is 0 Å². The Bertz CT molecular complexity index is 164. The number of carbonyl (C=O) groups is 1. The first kappa shape index (κ1) is 10.3. The summed E-state index contributed by atoms with van der Waals surface area (Å²) in [5.41, 5.74) is 5.18. The number of primary amides is 1. The first-order valence-electron chi connectivity index (χ1n) is 5.00. The third-order valence-corrected chi connectivity index (χ3v) is 2.51. The number of hydrogen-bond acceptors (Lipinski definition) is 2. The molecular weight excluding hydrogens is 166 g/mol. The number of nitrogens with two attached hydrogens (primary N) is 1. The lowest BCUT2D eigenvalue weighted by Gasteiger charge is -2.33. The maximum absolute atomic E-state index is 10.8. The van der Waals surface area contributed by atoms with Crippen LogP contribution in [0.5, 0.6) is 0 Å². The zero-order valence-corrected chi connectivity index (χ0v) is 8.33. The van der Waals surface area contributed by atoms with Crippen molar-refractivity contribution in [3.63, 3.8) is 0 Å². The van der Waals surface area contributed by atoms with Crippen LogP contribution in [0, 0.1) is 0 Å². The normalized spacial score (nSPS) is 19.0. The highest BCUT2D eigenvalue weighted by Gasteiger charge is 2.17. The van der Waals surface area contributed by atoms with Gasteiger partial charge in [0.15, 0.2) is 0 Å². The topological polar surface area (TPSA) is 49.6 Å². The van der Waals surface area contributed by atoms with Gasteiger partial charge in [0.05, 0.1) is 0 Å². The zero-order valence-electron chi connectivity index (χ0n) is 8.33. The predicted molar refractivity (Wildman–Crippen MR) is 52.5 cm³/mol. The van der Waals surface area contributed by atoms with Gasteiger partial charge in [-0.15, -0.1) is 0 Å². The minimum absolute atomic E-state index is 0.282. The molecule has 1 heterocycles. The minimum atomic E-state index is -0.282. The average Bonchev–Trinajstić information content (AvgIpc) is 2.15. The van der Waals surface area contributed by atoms with Gasteiger partial charge in [-0.05, 0) is 13.0 Å². The van der Waals surface area contributed by atoms with Crippen LogP contribution >= 0.6 is 0 Å².